The van der Waals surface area contributed by atoms with Crippen LogP contribution in [-0.4, -0.2) is 26.8 Å². The maximum Gasteiger partial charge on any atom is 0.161 e. The van der Waals surface area contributed by atoms with Crippen molar-refractivity contribution in [2.45, 2.75) is 40.0 Å². The Morgan fingerprint density at radius 1 is 1.15 bits per heavy atom. The molecular formula is C17H29NO2. The van der Waals surface area contributed by atoms with Gasteiger partial charge in [0, 0.05) is 0 Å². The van der Waals surface area contributed by atoms with E-state index in [1.54, 1.807) is 7.11 Å². The summed E-state index contributed by atoms with van der Waals surface area (Å²) in [7, 11) is 1.69. The van der Waals surface area contributed by atoms with Crippen molar-refractivity contribution in [1.29, 1.82) is 0 Å². The van der Waals surface area contributed by atoms with E-state index < -0.39 is 0 Å². The van der Waals surface area contributed by atoms with Crippen LogP contribution in [0.15, 0.2) is 18.2 Å². The van der Waals surface area contributed by atoms with Crippen LogP contribution in [0.3, 0.4) is 0 Å². The first kappa shape index (κ1) is 16.8. The molecule has 0 atom stereocenters. The Morgan fingerprint density at radius 3 is 2.60 bits per heavy atom. The second-order valence-corrected chi connectivity index (χ2v) is 5.49. The van der Waals surface area contributed by atoms with Crippen LogP contribution in [0, 0.1) is 5.92 Å². The second kappa shape index (κ2) is 9.65. The van der Waals surface area contributed by atoms with Gasteiger partial charge < -0.3 is 14.8 Å². The highest BCUT2D eigenvalue weighted by atomic mass is 16.5. The van der Waals surface area contributed by atoms with Crippen LogP contribution in [0.2, 0.25) is 0 Å². The number of ether oxygens (including phenoxy) is 2. The van der Waals surface area contributed by atoms with Crippen molar-refractivity contribution in [3.63, 3.8) is 0 Å². The van der Waals surface area contributed by atoms with Crippen LogP contribution in [0.4, 0.5) is 0 Å². The largest absolute Gasteiger partial charge is 0.493 e. The van der Waals surface area contributed by atoms with E-state index in [9.17, 15) is 0 Å². The van der Waals surface area contributed by atoms with Gasteiger partial charge in [-0.15, -0.1) is 0 Å². The molecule has 0 radical (unpaired) electrons. The summed E-state index contributed by atoms with van der Waals surface area (Å²) in [5, 5.41) is 3.44. The third-order valence-electron chi connectivity index (χ3n) is 3.19. The van der Waals surface area contributed by atoms with Crippen molar-refractivity contribution >= 4 is 0 Å². The van der Waals surface area contributed by atoms with E-state index >= 15 is 0 Å². The van der Waals surface area contributed by atoms with E-state index in [4.69, 9.17) is 9.47 Å². The Bertz CT molecular complexity index is 377. The molecule has 0 saturated carbocycles. The van der Waals surface area contributed by atoms with E-state index in [1.165, 1.54) is 5.56 Å². The molecule has 0 unspecified atom stereocenters. The zero-order chi connectivity index (χ0) is 14.8. The highest BCUT2D eigenvalue weighted by Crippen LogP contribution is 2.28. The second-order valence-electron chi connectivity index (χ2n) is 5.49. The summed E-state index contributed by atoms with van der Waals surface area (Å²) in [5.41, 5.74) is 1.27. The highest BCUT2D eigenvalue weighted by Gasteiger charge is 2.04. The molecule has 3 heteroatoms. The summed E-state index contributed by atoms with van der Waals surface area (Å²) in [5.74, 6) is 2.40. The first-order valence-corrected chi connectivity index (χ1v) is 7.67. The Labute approximate surface area is 123 Å². The van der Waals surface area contributed by atoms with Crippen LogP contribution in [0.1, 0.15) is 39.2 Å². The number of unbranched alkanes of at least 4 members (excludes halogenated alkanes) is 1. The smallest absolute Gasteiger partial charge is 0.161 e. The van der Waals surface area contributed by atoms with Crippen LogP contribution < -0.4 is 14.8 Å². The van der Waals surface area contributed by atoms with Crippen LogP contribution >= 0.6 is 0 Å². The predicted molar refractivity (Wildman–Crippen MR) is 84.8 cm³/mol. The van der Waals surface area contributed by atoms with E-state index in [0.29, 0.717) is 5.92 Å². The minimum Gasteiger partial charge on any atom is -0.493 e. The first-order valence-electron chi connectivity index (χ1n) is 7.67. The van der Waals surface area contributed by atoms with Gasteiger partial charge >= 0.3 is 0 Å². The fourth-order valence-electron chi connectivity index (χ4n) is 1.98. The molecule has 3 nitrogen and oxygen atoms in total. The van der Waals surface area contributed by atoms with Crippen LogP contribution in [0.5, 0.6) is 11.5 Å². The summed E-state index contributed by atoms with van der Waals surface area (Å²) in [6.07, 6.45) is 3.21. The highest BCUT2D eigenvalue weighted by molar-refractivity contribution is 5.42. The zero-order valence-corrected chi connectivity index (χ0v) is 13.4. The lowest BCUT2D eigenvalue weighted by atomic mass is 10.1. The Balaban J connectivity index is 2.24. The van der Waals surface area contributed by atoms with Gasteiger partial charge in [0.25, 0.3) is 0 Å². The van der Waals surface area contributed by atoms with Crippen molar-refractivity contribution < 1.29 is 9.47 Å². The maximum atomic E-state index is 5.80. The molecule has 1 aromatic rings. The predicted octanol–water partition coefficient (Wildman–Crippen LogP) is 3.66. The van der Waals surface area contributed by atoms with E-state index in [-0.39, 0.29) is 0 Å². The number of methoxy groups -OCH3 is 1. The van der Waals surface area contributed by atoms with Gasteiger partial charge in [0.15, 0.2) is 11.5 Å². The lowest BCUT2D eigenvalue weighted by Gasteiger charge is -2.12. The molecule has 0 amide bonds. The molecule has 114 valence electrons. The Morgan fingerprint density at radius 2 is 1.95 bits per heavy atom. The number of benzene rings is 1. The molecule has 1 aromatic carbocycles. The number of rotatable bonds is 10. The molecule has 0 aromatic heterocycles. The van der Waals surface area contributed by atoms with Gasteiger partial charge in [-0.05, 0) is 56.0 Å². The molecule has 1 N–H and O–H groups in total. The van der Waals surface area contributed by atoms with Crippen molar-refractivity contribution in [1.82, 2.24) is 5.32 Å². The van der Waals surface area contributed by atoms with Gasteiger partial charge in [-0.2, -0.15) is 0 Å². The van der Waals surface area contributed by atoms with E-state index in [0.717, 1.165) is 50.5 Å². The molecular weight excluding hydrogens is 250 g/mol. The van der Waals surface area contributed by atoms with E-state index in [1.807, 2.05) is 6.07 Å². The molecule has 0 spiro atoms. The minimum absolute atomic E-state index is 0.715. The Hall–Kier alpha value is -1.22. The average Bonchev–Trinajstić information content (AvgIpc) is 2.46. The molecule has 0 aliphatic heterocycles. The molecule has 0 aliphatic carbocycles. The summed E-state index contributed by atoms with van der Waals surface area (Å²) < 4.78 is 11.2. The SMILES string of the molecule is CCc1ccc(OCCCCNCC(C)C)c(OC)c1. The topological polar surface area (TPSA) is 30.5 Å². The maximum absolute atomic E-state index is 5.80. The number of aryl methyl sites for hydroxylation is 1. The summed E-state index contributed by atoms with van der Waals surface area (Å²) in [4.78, 5) is 0. The Kier molecular flexibility index (Phi) is 8.12. The molecule has 0 fully saturated rings. The van der Waals surface area contributed by atoms with Gasteiger partial charge in [0.2, 0.25) is 0 Å². The van der Waals surface area contributed by atoms with Gasteiger partial charge in [0.05, 0.1) is 13.7 Å². The lowest BCUT2D eigenvalue weighted by Crippen LogP contribution is -2.21. The quantitative estimate of drug-likeness (QED) is 0.663. The molecule has 0 aliphatic rings. The van der Waals surface area contributed by atoms with Crippen LogP contribution in [0.25, 0.3) is 0 Å². The average molecular weight is 279 g/mol. The normalized spacial score (nSPS) is 10.8. The molecule has 0 saturated heterocycles. The number of nitrogens with one attached hydrogen (secondary N) is 1. The third-order valence-corrected chi connectivity index (χ3v) is 3.19. The number of hydrogen-bond acceptors (Lipinski definition) is 3. The van der Waals surface area contributed by atoms with Gasteiger partial charge in [-0.25, -0.2) is 0 Å². The lowest BCUT2D eigenvalue weighted by molar-refractivity contribution is 0.285. The minimum atomic E-state index is 0.715. The van der Waals surface area contributed by atoms with Crippen molar-refractivity contribution in [3.05, 3.63) is 23.8 Å². The van der Waals surface area contributed by atoms with Crippen molar-refractivity contribution in [2.75, 3.05) is 26.8 Å². The molecule has 1 rings (SSSR count). The molecule has 20 heavy (non-hydrogen) atoms. The van der Waals surface area contributed by atoms with Crippen LogP contribution in [-0.2, 0) is 6.42 Å². The van der Waals surface area contributed by atoms with Gasteiger partial charge in [-0.3, -0.25) is 0 Å². The monoisotopic (exact) mass is 279 g/mol. The molecule has 0 heterocycles. The fourth-order valence-corrected chi connectivity index (χ4v) is 1.98. The van der Waals surface area contributed by atoms with Gasteiger partial charge in [0.1, 0.15) is 0 Å². The standard InChI is InChI=1S/C17H29NO2/c1-5-15-8-9-16(17(12-15)19-4)20-11-7-6-10-18-13-14(2)3/h8-9,12,14,18H,5-7,10-11,13H2,1-4H3. The van der Waals surface area contributed by atoms with Gasteiger partial charge in [-0.1, -0.05) is 26.8 Å². The van der Waals surface area contributed by atoms with Crippen molar-refractivity contribution in [2.24, 2.45) is 5.92 Å². The fraction of sp³-hybridized carbons (Fsp3) is 0.647. The third kappa shape index (κ3) is 6.29. The first-order chi connectivity index (χ1) is 9.67. The molecule has 0 bridgehead atoms. The van der Waals surface area contributed by atoms with E-state index in [2.05, 4.69) is 38.2 Å². The zero-order valence-electron chi connectivity index (χ0n) is 13.4. The number of hydrogen-bond donors (Lipinski definition) is 1. The van der Waals surface area contributed by atoms with Crippen molar-refractivity contribution in [3.8, 4) is 11.5 Å². The summed E-state index contributed by atoms with van der Waals surface area (Å²) >= 11 is 0. The summed E-state index contributed by atoms with van der Waals surface area (Å²) in [6, 6.07) is 6.16. The summed E-state index contributed by atoms with van der Waals surface area (Å²) in [6.45, 7) is 9.48.